The first-order valence-electron chi connectivity index (χ1n) is 3.95. The standard InChI is InChI=1S/C9H9ClN2O2/c1-5-6(2-3-8(10)12-5)9(14)7(13)4-11/h2-3,7,9,13-14H,1H3. The highest BCUT2D eigenvalue weighted by Gasteiger charge is 2.19. The normalized spacial score (nSPS) is 14.5. The average Bonchev–Trinajstić information content (AvgIpc) is 2.15. The van der Waals surface area contributed by atoms with E-state index < -0.39 is 12.2 Å². The Kier molecular flexibility index (Phi) is 3.42. The molecule has 0 bridgehead atoms. The lowest BCUT2D eigenvalue weighted by atomic mass is 10.0. The fraction of sp³-hybridized carbons (Fsp3) is 0.333. The molecule has 0 aliphatic heterocycles. The summed E-state index contributed by atoms with van der Waals surface area (Å²) in [5.74, 6) is 0. The number of rotatable bonds is 2. The van der Waals surface area contributed by atoms with Crippen LogP contribution in [0.1, 0.15) is 17.4 Å². The molecule has 14 heavy (non-hydrogen) atoms. The van der Waals surface area contributed by atoms with E-state index in [0.29, 0.717) is 16.4 Å². The van der Waals surface area contributed by atoms with E-state index in [2.05, 4.69) is 4.98 Å². The van der Waals surface area contributed by atoms with Crippen molar-refractivity contribution in [3.05, 3.63) is 28.5 Å². The molecule has 1 aromatic rings. The summed E-state index contributed by atoms with van der Waals surface area (Å²) >= 11 is 5.61. The van der Waals surface area contributed by atoms with Crippen LogP contribution in [0, 0.1) is 18.3 Å². The van der Waals surface area contributed by atoms with Gasteiger partial charge < -0.3 is 10.2 Å². The van der Waals surface area contributed by atoms with E-state index in [1.165, 1.54) is 12.1 Å². The van der Waals surface area contributed by atoms with E-state index in [9.17, 15) is 5.11 Å². The zero-order chi connectivity index (χ0) is 10.7. The van der Waals surface area contributed by atoms with Crippen molar-refractivity contribution in [2.75, 3.05) is 0 Å². The summed E-state index contributed by atoms with van der Waals surface area (Å²) in [6.45, 7) is 1.65. The maximum Gasteiger partial charge on any atom is 0.170 e. The monoisotopic (exact) mass is 212 g/mol. The summed E-state index contributed by atoms with van der Waals surface area (Å²) in [6, 6.07) is 4.58. The predicted molar refractivity (Wildman–Crippen MR) is 50.6 cm³/mol. The first kappa shape index (κ1) is 10.9. The molecular formula is C9H9ClN2O2. The van der Waals surface area contributed by atoms with Gasteiger partial charge in [0.2, 0.25) is 0 Å². The van der Waals surface area contributed by atoms with E-state index in [1.54, 1.807) is 13.0 Å². The Hall–Kier alpha value is -1.15. The van der Waals surface area contributed by atoms with Gasteiger partial charge in [0.15, 0.2) is 6.10 Å². The molecular weight excluding hydrogens is 204 g/mol. The molecule has 2 N–H and O–H groups in total. The van der Waals surface area contributed by atoms with Gasteiger partial charge in [-0.2, -0.15) is 5.26 Å². The quantitative estimate of drug-likeness (QED) is 0.566. The number of aliphatic hydroxyl groups is 2. The Morgan fingerprint density at radius 3 is 2.64 bits per heavy atom. The molecule has 0 amide bonds. The van der Waals surface area contributed by atoms with Crippen LogP contribution in [-0.2, 0) is 0 Å². The van der Waals surface area contributed by atoms with Gasteiger partial charge in [-0.3, -0.25) is 0 Å². The minimum atomic E-state index is -1.45. The Balaban J connectivity index is 3.03. The molecule has 0 saturated carbocycles. The highest BCUT2D eigenvalue weighted by atomic mass is 35.5. The van der Waals surface area contributed by atoms with Crippen LogP contribution in [0.5, 0.6) is 0 Å². The van der Waals surface area contributed by atoms with Crippen LogP contribution in [0.3, 0.4) is 0 Å². The zero-order valence-corrected chi connectivity index (χ0v) is 8.23. The lowest BCUT2D eigenvalue weighted by Gasteiger charge is -2.13. The number of hydrogen-bond acceptors (Lipinski definition) is 4. The van der Waals surface area contributed by atoms with Crippen LogP contribution in [0.25, 0.3) is 0 Å². The largest absolute Gasteiger partial charge is 0.384 e. The lowest BCUT2D eigenvalue weighted by Crippen LogP contribution is -2.17. The van der Waals surface area contributed by atoms with Crippen LogP contribution in [0.2, 0.25) is 5.15 Å². The maximum atomic E-state index is 9.51. The van der Waals surface area contributed by atoms with Crippen LogP contribution in [0.15, 0.2) is 12.1 Å². The highest BCUT2D eigenvalue weighted by Crippen LogP contribution is 2.20. The summed E-state index contributed by atoms with van der Waals surface area (Å²) in [5.41, 5.74) is 0.905. The smallest absolute Gasteiger partial charge is 0.170 e. The topological polar surface area (TPSA) is 77.1 Å². The second-order valence-electron chi connectivity index (χ2n) is 2.83. The number of aliphatic hydroxyl groups excluding tert-OH is 2. The Morgan fingerprint density at radius 1 is 1.50 bits per heavy atom. The third-order valence-electron chi connectivity index (χ3n) is 1.84. The number of halogens is 1. The molecule has 1 heterocycles. The van der Waals surface area contributed by atoms with E-state index in [-0.39, 0.29) is 0 Å². The predicted octanol–water partition coefficient (Wildman–Crippen LogP) is 0.961. The van der Waals surface area contributed by atoms with E-state index in [0.717, 1.165) is 0 Å². The van der Waals surface area contributed by atoms with Gasteiger partial charge in [-0.25, -0.2) is 4.98 Å². The second-order valence-corrected chi connectivity index (χ2v) is 3.21. The summed E-state index contributed by atoms with van der Waals surface area (Å²) in [5, 5.41) is 27.3. The molecule has 0 aliphatic rings. The van der Waals surface area contributed by atoms with Crippen molar-refractivity contribution >= 4 is 11.6 Å². The van der Waals surface area contributed by atoms with Gasteiger partial charge in [-0.15, -0.1) is 0 Å². The van der Waals surface area contributed by atoms with Crippen LogP contribution >= 0.6 is 11.6 Å². The first-order chi connectivity index (χ1) is 6.56. The van der Waals surface area contributed by atoms with Gasteiger partial charge in [-0.1, -0.05) is 17.7 Å². The minimum Gasteiger partial charge on any atom is -0.384 e. The number of aryl methyl sites for hydroxylation is 1. The highest BCUT2D eigenvalue weighted by molar-refractivity contribution is 6.29. The van der Waals surface area contributed by atoms with Crippen molar-refractivity contribution in [2.24, 2.45) is 0 Å². The number of nitriles is 1. The van der Waals surface area contributed by atoms with E-state index >= 15 is 0 Å². The van der Waals surface area contributed by atoms with Crippen LogP contribution < -0.4 is 0 Å². The molecule has 4 nitrogen and oxygen atoms in total. The Labute approximate surface area is 86.4 Å². The molecule has 74 valence electrons. The van der Waals surface area contributed by atoms with Gasteiger partial charge in [0.1, 0.15) is 11.3 Å². The molecule has 0 saturated heterocycles. The van der Waals surface area contributed by atoms with E-state index in [4.69, 9.17) is 22.0 Å². The maximum absolute atomic E-state index is 9.51. The molecule has 0 aliphatic carbocycles. The number of hydrogen-bond donors (Lipinski definition) is 2. The molecule has 2 atom stereocenters. The first-order valence-corrected chi connectivity index (χ1v) is 4.33. The molecule has 2 unspecified atom stereocenters. The number of aromatic nitrogens is 1. The Bertz CT molecular complexity index is 376. The van der Waals surface area contributed by atoms with Crippen molar-refractivity contribution in [2.45, 2.75) is 19.1 Å². The molecule has 0 spiro atoms. The number of pyridine rings is 1. The van der Waals surface area contributed by atoms with Gasteiger partial charge in [0.05, 0.1) is 6.07 Å². The zero-order valence-electron chi connectivity index (χ0n) is 7.48. The second kappa shape index (κ2) is 4.38. The fourth-order valence-corrected chi connectivity index (χ4v) is 1.28. The van der Waals surface area contributed by atoms with Crippen molar-refractivity contribution in [3.8, 4) is 6.07 Å². The summed E-state index contributed by atoms with van der Waals surface area (Å²) in [6.07, 6.45) is -2.69. The van der Waals surface area contributed by atoms with Crippen LogP contribution in [0.4, 0.5) is 0 Å². The minimum absolute atomic E-state index is 0.310. The molecule has 0 fully saturated rings. The molecule has 1 rings (SSSR count). The molecule has 0 radical (unpaired) electrons. The van der Waals surface area contributed by atoms with Crippen LogP contribution in [-0.4, -0.2) is 21.3 Å². The SMILES string of the molecule is Cc1nc(Cl)ccc1C(O)C(O)C#N. The lowest BCUT2D eigenvalue weighted by molar-refractivity contribution is 0.0521. The fourth-order valence-electron chi connectivity index (χ4n) is 1.09. The molecule has 0 aromatic carbocycles. The molecule has 1 aromatic heterocycles. The van der Waals surface area contributed by atoms with Crippen molar-refractivity contribution < 1.29 is 10.2 Å². The summed E-state index contributed by atoms with van der Waals surface area (Å²) in [7, 11) is 0. The Morgan fingerprint density at radius 2 is 2.14 bits per heavy atom. The van der Waals surface area contributed by atoms with Crippen molar-refractivity contribution in [1.29, 1.82) is 5.26 Å². The van der Waals surface area contributed by atoms with Crippen molar-refractivity contribution in [3.63, 3.8) is 0 Å². The summed E-state index contributed by atoms with van der Waals surface area (Å²) in [4.78, 5) is 3.90. The van der Waals surface area contributed by atoms with Gasteiger partial charge >= 0.3 is 0 Å². The average molecular weight is 213 g/mol. The third kappa shape index (κ3) is 2.20. The summed E-state index contributed by atoms with van der Waals surface area (Å²) < 4.78 is 0. The number of nitrogens with zero attached hydrogens (tertiary/aromatic N) is 2. The van der Waals surface area contributed by atoms with Crippen molar-refractivity contribution in [1.82, 2.24) is 4.98 Å². The third-order valence-corrected chi connectivity index (χ3v) is 2.05. The van der Waals surface area contributed by atoms with Gasteiger partial charge in [0, 0.05) is 11.3 Å². The van der Waals surface area contributed by atoms with E-state index in [1.807, 2.05) is 0 Å². The molecule has 5 heteroatoms. The van der Waals surface area contributed by atoms with Gasteiger partial charge in [0.25, 0.3) is 0 Å². The van der Waals surface area contributed by atoms with Gasteiger partial charge in [-0.05, 0) is 13.0 Å².